The fraction of sp³-hybridized carbons (Fsp3) is 0.133. The molecule has 0 saturated carbocycles. The molecule has 19 heavy (non-hydrogen) atoms. The van der Waals surface area contributed by atoms with Gasteiger partial charge in [0, 0.05) is 16.1 Å². The standard InChI is InChI=1S/C15H13BrO3/c1-18-11-5-4-6-12(9-11)19-10-15(17)13-7-2-3-8-14(13)16/h2-9H,10H2,1H3. The SMILES string of the molecule is COc1cccc(OCC(=O)c2ccccc2Br)c1. The molecule has 0 spiro atoms. The minimum atomic E-state index is -0.0738. The van der Waals surface area contributed by atoms with E-state index in [4.69, 9.17) is 9.47 Å². The lowest BCUT2D eigenvalue weighted by molar-refractivity contribution is 0.0920. The van der Waals surface area contributed by atoms with Crippen LogP contribution in [0.15, 0.2) is 53.0 Å². The lowest BCUT2D eigenvalue weighted by Gasteiger charge is -2.08. The predicted octanol–water partition coefficient (Wildman–Crippen LogP) is 3.72. The van der Waals surface area contributed by atoms with Gasteiger partial charge in [-0.05, 0) is 18.2 Å². The summed E-state index contributed by atoms with van der Waals surface area (Å²) in [5.74, 6) is 1.24. The van der Waals surface area contributed by atoms with E-state index < -0.39 is 0 Å². The first-order valence-electron chi connectivity index (χ1n) is 5.75. The van der Waals surface area contributed by atoms with Crippen LogP contribution in [0.25, 0.3) is 0 Å². The summed E-state index contributed by atoms with van der Waals surface area (Å²) in [6, 6.07) is 14.5. The highest BCUT2D eigenvalue weighted by Gasteiger charge is 2.10. The molecule has 2 aromatic rings. The van der Waals surface area contributed by atoms with Gasteiger partial charge in [-0.1, -0.05) is 40.2 Å². The van der Waals surface area contributed by atoms with Crippen LogP contribution in [0.5, 0.6) is 11.5 Å². The van der Waals surface area contributed by atoms with Gasteiger partial charge in [0.15, 0.2) is 6.61 Å². The van der Waals surface area contributed by atoms with Gasteiger partial charge in [-0.3, -0.25) is 4.79 Å². The van der Waals surface area contributed by atoms with Crippen LogP contribution in [-0.2, 0) is 0 Å². The topological polar surface area (TPSA) is 35.5 Å². The van der Waals surface area contributed by atoms with Gasteiger partial charge in [0.2, 0.25) is 5.78 Å². The number of methoxy groups -OCH3 is 1. The zero-order valence-corrected chi connectivity index (χ0v) is 12.0. The van der Waals surface area contributed by atoms with E-state index in [1.54, 1.807) is 25.3 Å². The molecular weight excluding hydrogens is 308 g/mol. The van der Waals surface area contributed by atoms with Crippen molar-refractivity contribution in [2.45, 2.75) is 0 Å². The lowest BCUT2D eigenvalue weighted by Crippen LogP contribution is -2.12. The Kier molecular flexibility index (Phi) is 4.58. The molecule has 2 rings (SSSR count). The van der Waals surface area contributed by atoms with Gasteiger partial charge in [-0.2, -0.15) is 0 Å². The fourth-order valence-corrected chi connectivity index (χ4v) is 2.11. The Morgan fingerprint density at radius 3 is 2.58 bits per heavy atom. The van der Waals surface area contributed by atoms with Crippen molar-refractivity contribution in [3.63, 3.8) is 0 Å². The van der Waals surface area contributed by atoms with Crippen molar-refractivity contribution >= 4 is 21.7 Å². The molecule has 0 N–H and O–H groups in total. The average molecular weight is 321 g/mol. The van der Waals surface area contributed by atoms with Crippen LogP contribution in [0, 0.1) is 0 Å². The Morgan fingerprint density at radius 2 is 1.84 bits per heavy atom. The Morgan fingerprint density at radius 1 is 1.11 bits per heavy atom. The highest BCUT2D eigenvalue weighted by Crippen LogP contribution is 2.20. The minimum absolute atomic E-state index is 0.00419. The Bertz CT molecular complexity index is 581. The third-order valence-corrected chi connectivity index (χ3v) is 3.28. The van der Waals surface area contributed by atoms with Gasteiger partial charge in [0.05, 0.1) is 7.11 Å². The van der Waals surface area contributed by atoms with E-state index in [0.717, 1.165) is 4.47 Å². The van der Waals surface area contributed by atoms with Gasteiger partial charge in [0.25, 0.3) is 0 Å². The summed E-state index contributed by atoms with van der Waals surface area (Å²) < 4.78 is 11.3. The third kappa shape index (κ3) is 3.58. The van der Waals surface area contributed by atoms with Crippen LogP contribution in [0.3, 0.4) is 0 Å². The molecule has 0 aromatic heterocycles. The van der Waals surface area contributed by atoms with Crippen LogP contribution in [0.4, 0.5) is 0 Å². The number of carbonyl (C=O) groups excluding carboxylic acids is 1. The van der Waals surface area contributed by atoms with E-state index in [1.807, 2.05) is 30.3 Å². The molecule has 4 heteroatoms. The zero-order chi connectivity index (χ0) is 13.7. The number of Topliss-reactive ketones (excluding diaryl/α,β-unsaturated/α-hetero) is 1. The second kappa shape index (κ2) is 6.38. The molecule has 0 unspecified atom stereocenters. The molecular formula is C15H13BrO3. The van der Waals surface area contributed by atoms with Crippen molar-refractivity contribution in [2.24, 2.45) is 0 Å². The number of rotatable bonds is 5. The predicted molar refractivity (Wildman–Crippen MR) is 77.0 cm³/mol. The third-order valence-electron chi connectivity index (χ3n) is 2.59. The van der Waals surface area contributed by atoms with Crippen molar-refractivity contribution in [3.8, 4) is 11.5 Å². The number of hydrogen-bond acceptors (Lipinski definition) is 3. The van der Waals surface area contributed by atoms with Crippen LogP contribution >= 0.6 is 15.9 Å². The van der Waals surface area contributed by atoms with E-state index >= 15 is 0 Å². The van der Waals surface area contributed by atoms with Crippen molar-refractivity contribution in [1.29, 1.82) is 0 Å². The summed E-state index contributed by atoms with van der Waals surface area (Å²) in [4.78, 5) is 12.0. The molecule has 0 heterocycles. The minimum Gasteiger partial charge on any atom is -0.497 e. The Balaban J connectivity index is 2.02. The summed E-state index contributed by atoms with van der Waals surface area (Å²) in [7, 11) is 1.59. The van der Waals surface area contributed by atoms with Crippen molar-refractivity contribution in [2.75, 3.05) is 13.7 Å². The van der Waals surface area contributed by atoms with Crippen LogP contribution < -0.4 is 9.47 Å². The van der Waals surface area contributed by atoms with E-state index in [-0.39, 0.29) is 12.4 Å². The highest BCUT2D eigenvalue weighted by atomic mass is 79.9. The average Bonchev–Trinajstić information content (AvgIpc) is 2.45. The van der Waals surface area contributed by atoms with E-state index in [1.165, 1.54) is 0 Å². The fourth-order valence-electron chi connectivity index (χ4n) is 1.60. The maximum Gasteiger partial charge on any atom is 0.201 e. The van der Waals surface area contributed by atoms with Gasteiger partial charge in [-0.25, -0.2) is 0 Å². The maximum atomic E-state index is 12.0. The number of halogens is 1. The number of ether oxygens (including phenoxy) is 2. The van der Waals surface area contributed by atoms with Crippen LogP contribution in [-0.4, -0.2) is 19.5 Å². The number of ketones is 1. The molecule has 2 aromatic carbocycles. The van der Waals surface area contributed by atoms with Crippen LogP contribution in [0.2, 0.25) is 0 Å². The maximum absolute atomic E-state index is 12.0. The summed E-state index contributed by atoms with van der Waals surface area (Å²) >= 11 is 3.35. The summed E-state index contributed by atoms with van der Waals surface area (Å²) in [6.45, 7) is -0.00419. The number of carbonyl (C=O) groups is 1. The molecule has 0 fully saturated rings. The van der Waals surface area contributed by atoms with Crippen molar-refractivity contribution < 1.29 is 14.3 Å². The smallest absolute Gasteiger partial charge is 0.201 e. The lowest BCUT2D eigenvalue weighted by atomic mass is 10.1. The monoisotopic (exact) mass is 320 g/mol. The largest absolute Gasteiger partial charge is 0.497 e. The quantitative estimate of drug-likeness (QED) is 0.788. The van der Waals surface area contributed by atoms with Gasteiger partial charge < -0.3 is 9.47 Å². The van der Waals surface area contributed by atoms with Gasteiger partial charge >= 0.3 is 0 Å². The van der Waals surface area contributed by atoms with E-state index in [9.17, 15) is 4.79 Å². The molecule has 0 aliphatic heterocycles. The Labute approximate surface area is 120 Å². The Hall–Kier alpha value is -1.81. The van der Waals surface area contributed by atoms with Gasteiger partial charge in [-0.15, -0.1) is 0 Å². The first-order chi connectivity index (χ1) is 9.20. The first-order valence-corrected chi connectivity index (χ1v) is 6.54. The van der Waals surface area contributed by atoms with Gasteiger partial charge in [0.1, 0.15) is 11.5 Å². The summed E-state index contributed by atoms with van der Waals surface area (Å²) in [5, 5.41) is 0. The summed E-state index contributed by atoms with van der Waals surface area (Å²) in [6.07, 6.45) is 0. The highest BCUT2D eigenvalue weighted by molar-refractivity contribution is 9.10. The van der Waals surface area contributed by atoms with E-state index in [2.05, 4.69) is 15.9 Å². The molecule has 0 aliphatic rings. The normalized spacial score (nSPS) is 10.0. The molecule has 0 radical (unpaired) electrons. The van der Waals surface area contributed by atoms with Crippen molar-refractivity contribution in [3.05, 3.63) is 58.6 Å². The summed E-state index contributed by atoms with van der Waals surface area (Å²) in [5.41, 5.74) is 0.616. The second-order valence-corrected chi connectivity index (χ2v) is 4.73. The molecule has 0 aliphatic carbocycles. The van der Waals surface area contributed by atoms with Crippen molar-refractivity contribution in [1.82, 2.24) is 0 Å². The molecule has 0 atom stereocenters. The molecule has 0 saturated heterocycles. The second-order valence-electron chi connectivity index (χ2n) is 3.87. The molecule has 3 nitrogen and oxygen atoms in total. The number of hydrogen-bond donors (Lipinski definition) is 0. The molecule has 98 valence electrons. The number of benzene rings is 2. The molecule has 0 amide bonds. The zero-order valence-electron chi connectivity index (χ0n) is 10.4. The van der Waals surface area contributed by atoms with E-state index in [0.29, 0.717) is 17.1 Å². The molecule has 0 bridgehead atoms. The first kappa shape index (κ1) is 13.6. The van der Waals surface area contributed by atoms with Crippen LogP contribution in [0.1, 0.15) is 10.4 Å².